The molecule has 0 N–H and O–H groups in total. The number of amides is 3. The molecule has 2 aromatic rings. The molecular formula is C21H17Cl2N3O2. The largest absolute Gasteiger partial charge is 0.332 e. The number of hydrogen-bond acceptors (Lipinski definition) is 3. The Morgan fingerprint density at radius 3 is 2.39 bits per heavy atom. The molecule has 142 valence electrons. The van der Waals surface area contributed by atoms with Crippen LogP contribution >= 0.6 is 23.2 Å². The molecule has 4 rings (SSSR count). The van der Waals surface area contributed by atoms with Gasteiger partial charge in [0.1, 0.15) is 5.54 Å². The quantitative estimate of drug-likeness (QED) is 0.687. The number of fused-ring (bicyclic) bond motifs is 1. The number of nitrogens with zero attached hydrogens (tertiary/aromatic N) is 3. The van der Waals surface area contributed by atoms with Crippen molar-refractivity contribution in [2.24, 2.45) is 5.92 Å². The van der Waals surface area contributed by atoms with Crippen LogP contribution in [0, 0.1) is 17.2 Å². The van der Waals surface area contributed by atoms with Crippen molar-refractivity contribution in [3.05, 3.63) is 63.6 Å². The van der Waals surface area contributed by atoms with E-state index in [9.17, 15) is 9.59 Å². The zero-order valence-corrected chi connectivity index (χ0v) is 16.7. The maximum atomic E-state index is 13.5. The van der Waals surface area contributed by atoms with Gasteiger partial charge in [-0.05, 0) is 48.2 Å². The molecular weight excluding hydrogens is 397 g/mol. The fraction of sp³-hybridized carbons (Fsp3) is 0.286. The van der Waals surface area contributed by atoms with Gasteiger partial charge in [0.15, 0.2) is 0 Å². The van der Waals surface area contributed by atoms with Gasteiger partial charge in [-0.3, -0.25) is 4.79 Å². The van der Waals surface area contributed by atoms with Gasteiger partial charge in [-0.25, -0.2) is 9.69 Å². The van der Waals surface area contributed by atoms with Crippen molar-refractivity contribution in [2.45, 2.75) is 25.3 Å². The van der Waals surface area contributed by atoms with Crippen LogP contribution in [0.25, 0.3) is 0 Å². The molecule has 28 heavy (non-hydrogen) atoms. The minimum absolute atomic E-state index is 0.219. The van der Waals surface area contributed by atoms with Gasteiger partial charge in [-0.2, -0.15) is 5.26 Å². The highest BCUT2D eigenvalue weighted by atomic mass is 35.5. The van der Waals surface area contributed by atoms with E-state index < -0.39 is 5.54 Å². The highest BCUT2D eigenvalue weighted by Gasteiger charge is 2.61. The number of benzene rings is 2. The van der Waals surface area contributed by atoms with Crippen molar-refractivity contribution in [1.29, 1.82) is 5.26 Å². The molecule has 0 saturated carbocycles. The molecule has 2 aliphatic rings. The van der Waals surface area contributed by atoms with E-state index in [0.717, 1.165) is 5.56 Å². The topological polar surface area (TPSA) is 64.4 Å². The molecule has 3 amide bonds. The molecule has 2 saturated heterocycles. The number of rotatable bonds is 3. The number of anilines is 1. The molecule has 2 heterocycles. The zero-order chi connectivity index (χ0) is 20.1. The first-order valence-electron chi connectivity index (χ1n) is 8.95. The van der Waals surface area contributed by atoms with Crippen LogP contribution in [0.3, 0.4) is 0 Å². The molecule has 0 bridgehead atoms. The van der Waals surface area contributed by atoms with E-state index in [-0.39, 0.29) is 17.9 Å². The average molecular weight is 414 g/mol. The number of nitriles is 1. The van der Waals surface area contributed by atoms with E-state index in [4.69, 9.17) is 28.5 Å². The van der Waals surface area contributed by atoms with Gasteiger partial charge in [-0.15, -0.1) is 0 Å². The second kappa shape index (κ2) is 6.80. The van der Waals surface area contributed by atoms with Crippen molar-refractivity contribution in [1.82, 2.24) is 4.90 Å². The number of urea groups is 1. The van der Waals surface area contributed by atoms with Crippen molar-refractivity contribution in [3.63, 3.8) is 0 Å². The van der Waals surface area contributed by atoms with E-state index >= 15 is 0 Å². The van der Waals surface area contributed by atoms with Gasteiger partial charge in [-0.1, -0.05) is 42.3 Å². The fourth-order valence-corrected chi connectivity index (χ4v) is 4.81. The third kappa shape index (κ3) is 2.94. The van der Waals surface area contributed by atoms with E-state index in [0.29, 0.717) is 40.7 Å². The Morgan fingerprint density at radius 2 is 1.79 bits per heavy atom. The first-order chi connectivity index (χ1) is 13.3. The number of imide groups is 1. The Kier molecular flexibility index (Phi) is 4.57. The summed E-state index contributed by atoms with van der Waals surface area (Å²) in [7, 11) is 0. The Balaban J connectivity index is 1.74. The third-order valence-corrected chi connectivity index (χ3v) is 5.84. The zero-order valence-electron chi connectivity index (χ0n) is 15.2. The summed E-state index contributed by atoms with van der Waals surface area (Å²) in [6, 6.07) is 13.6. The minimum atomic E-state index is -0.931. The molecule has 2 fully saturated rings. The summed E-state index contributed by atoms with van der Waals surface area (Å²) in [5, 5.41) is 9.72. The molecule has 0 spiro atoms. The lowest BCUT2D eigenvalue weighted by molar-refractivity contribution is -0.124. The van der Waals surface area contributed by atoms with Crippen LogP contribution in [-0.4, -0.2) is 28.9 Å². The summed E-state index contributed by atoms with van der Waals surface area (Å²) in [5.74, 6) is -0.0408. The number of hydrogen-bond donors (Lipinski definition) is 0. The first kappa shape index (κ1) is 18.8. The van der Waals surface area contributed by atoms with Crippen molar-refractivity contribution < 1.29 is 9.59 Å². The standard InChI is InChI=1S/C21H17Cl2N3O2/c1-13-9-21(10-14-2-4-15(11-24)5-3-14)19(27)26(20(28)25(21)12-13)18-7-16(22)6-17(23)8-18/h2-8,13H,9-10,12H2,1H3/t13-,21+/m0/s1. The number of halogens is 2. The molecule has 7 heteroatoms. The van der Waals surface area contributed by atoms with Crippen molar-refractivity contribution in [3.8, 4) is 6.07 Å². The van der Waals surface area contributed by atoms with E-state index in [1.165, 1.54) is 4.90 Å². The van der Waals surface area contributed by atoms with Gasteiger partial charge in [0, 0.05) is 23.0 Å². The second-order valence-corrected chi connectivity index (χ2v) is 8.36. The smallest absolute Gasteiger partial charge is 0.309 e. The molecule has 0 aliphatic carbocycles. The summed E-state index contributed by atoms with van der Waals surface area (Å²) in [5.41, 5.74) is 0.917. The molecule has 2 aliphatic heterocycles. The highest BCUT2D eigenvalue weighted by Crippen LogP contribution is 2.44. The number of carbonyl (C=O) groups excluding carboxylic acids is 2. The van der Waals surface area contributed by atoms with E-state index in [2.05, 4.69) is 6.07 Å². The van der Waals surface area contributed by atoms with Crippen LogP contribution in [0.4, 0.5) is 10.5 Å². The first-order valence-corrected chi connectivity index (χ1v) is 9.71. The summed E-state index contributed by atoms with van der Waals surface area (Å²) < 4.78 is 0. The summed E-state index contributed by atoms with van der Waals surface area (Å²) >= 11 is 12.2. The molecule has 0 radical (unpaired) electrons. The van der Waals surface area contributed by atoms with Crippen LogP contribution in [-0.2, 0) is 11.2 Å². The van der Waals surface area contributed by atoms with Gasteiger partial charge in [0.25, 0.3) is 5.91 Å². The maximum absolute atomic E-state index is 13.5. The SMILES string of the molecule is C[C@@H]1CN2C(=O)N(c3cc(Cl)cc(Cl)c3)C(=O)[C@]2(Cc2ccc(C#N)cc2)C1. The summed E-state index contributed by atoms with van der Waals surface area (Å²) in [6.07, 6.45) is 0.987. The van der Waals surface area contributed by atoms with Crippen LogP contribution in [0.5, 0.6) is 0 Å². The van der Waals surface area contributed by atoms with Crippen LogP contribution in [0.2, 0.25) is 10.0 Å². The van der Waals surface area contributed by atoms with Crippen LogP contribution in [0.15, 0.2) is 42.5 Å². The molecule has 0 unspecified atom stereocenters. The Morgan fingerprint density at radius 1 is 1.14 bits per heavy atom. The maximum Gasteiger partial charge on any atom is 0.332 e. The van der Waals surface area contributed by atoms with Crippen molar-refractivity contribution in [2.75, 3.05) is 11.4 Å². The Labute approximate surface area is 173 Å². The monoisotopic (exact) mass is 413 g/mol. The molecule has 2 atom stereocenters. The second-order valence-electron chi connectivity index (χ2n) is 7.49. The molecule has 2 aromatic carbocycles. The van der Waals surface area contributed by atoms with Crippen molar-refractivity contribution >= 4 is 40.8 Å². The lowest BCUT2D eigenvalue weighted by Gasteiger charge is -2.28. The van der Waals surface area contributed by atoms with Crippen LogP contribution < -0.4 is 4.90 Å². The normalized spacial score (nSPS) is 23.9. The van der Waals surface area contributed by atoms with Gasteiger partial charge < -0.3 is 4.90 Å². The van der Waals surface area contributed by atoms with Gasteiger partial charge >= 0.3 is 6.03 Å². The average Bonchev–Trinajstić information content (AvgIpc) is 3.07. The summed E-state index contributed by atoms with van der Waals surface area (Å²) in [6.45, 7) is 2.56. The predicted octanol–water partition coefficient (Wildman–Crippen LogP) is 4.65. The minimum Gasteiger partial charge on any atom is -0.309 e. The molecule has 5 nitrogen and oxygen atoms in total. The number of carbonyl (C=O) groups is 2. The predicted molar refractivity (Wildman–Crippen MR) is 107 cm³/mol. The lowest BCUT2D eigenvalue weighted by atomic mass is 9.85. The Hall–Kier alpha value is -2.55. The molecule has 0 aromatic heterocycles. The third-order valence-electron chi connectivity index (χ3n) is 5.41. The highest BCUT2D eigenvalue weighted by molar-refractivity contribution is 6.35. The van der Waals surface area contributed by atoms with Crippen LogP contribution in [0.1, 0.15) is 24.5 Å². The van der Waals surface area contributed by atoms with Gasteiger partial charge in [0.05, 0.1) is 17.3 Å². The van der Waals surface area contributed by atoms with Gasteiger partial charge in [0.2, 0.25) is 0 Å². The Bertz CT molecular complexity index is 995. The van der Waals surface area contributed by atoms with E-state index in [1.807, 2.05) is 19.1 Å². The fourth-order valence-electron chi connectivity index (χ4n) is 4.29. The van der Waals surface area contributed by atoms with E-state index in [1.54, 1.807) is 35.2 Å². The summed E-state index contributed by atoms with van der Waals surface area (Å²) in [4.78, 5) is 29.6. The lowest BCUT2D eigenvalue weighted by Crippen LogP contribution is -2.47.